The summed E-state index contributed by atoms with van der Waals surface area (Å²) in [6.45, 7) is 2.75. The molecule has 2 amide bonds. The van der Waals surface area contributed by atoms with E-state index in [9.17, 15) is 9.59 Å². The Hall–Kier alpha value is -4.42. The van der Waals surface area contributed by atoms with Gasteiger partial charge in [-0.3, -0.25) is 14.9 Å². The largest absolute Gasteiger partial charge is 0.382 e. The molecule has 4 N–H and O–H groups in total. The first-order chi connectivity index (χ1) is 20.6. The van der Waals surface area contributed by atoms with Crippen LogP contribution < -0.4 is 21.3 Å². The average Bonchev–Trinajstić information content (AvgIpc) is 3.05. The van der Waals surface area contributed by atoms with E-state index in [2.05, 4.69) is 28.2 Å². The van der Waals surface area contributed by atoms with Gasteiger partial charge in [0.05, 0.1) is 0 Å². The fourth-order valence-electron chi connectivity index (χ4n) is 5.59. The van der Waals surface area contributed by atoms with Crippen LogP contribution in [0.25, 0.3) is 11.1 Å². The maximum Gasteiger partial charge on any atom is 0.256 e. The number of amides is 2. The highest BCUT2D eigenvalue weighted by molar-refractivity contribution is 6.08. The number of hydrogen-bond donors (Lipinski definition) is 4. The van der Waals surface area contributed by atoms with E-state index in [4.69, 9.17) is 0 Å². The molecule has 0 bridgehead atoms. The summed E-state index contributed by atoms with van der Waals surface area (Å²) in [6.07, 6.45) is 4.95. The van der Waals surface area contributed by atoms with Crippen LogP contribution in [0.1, 0.15) is 61.0 Å². The molecular weight excluding hydrogens is 520 g/mol. The molecular formula is C36H40N4O2. The van der Waals surface area contributed by atoms with E-state index in [0.717, 1.165) is 60.2 Å². The number of anilines is 2. The van der Waals surface area contributed by atoms with Crippen molar-refractivity contribution in [1.82, 2.24) is 10.6 Å². The maximum absolute atomic E-state index is 13.1. The van der Waals surface area contributed by atoms with Gasteiger partial charge >= 0.3 is 0 Å². The highest BCUT2D eigenvalue weighted by Crippen LogP contribution is 2.27. The molecule has 1 unspecified atom stereocenters. The molecule has 0 aromatic heterocycles. The van der Waals surface area contributed by atoms with E-state index in [0.29, 0.717) is 18.2 Å². The van der Waals surface area contributed by atoms with Gasteiger partial charge in [0, 0.05) is 35.6 Å². The second kappa shape index (κ2) is 14.5. The number of rotatable bonds is 11. The van der Waals surface area contributed by atoms with E-state index in [1.165, 1.54) is 0 Å². The molecule has 6 nitrogen and oxygen atoms in total. The first kappa shape index (κ1) is 29.1. The maximum atomic E-state index is 13.1. The lowest BCUT2D eigenvalue weighted by atomic mass is 9.90. The summed E-state index contributed by atoms with van der Waals surface area (Å²) in [4.78, 5) is 26.1. The molecule has 4 aromatic rings. The lowest BCUT2D eigenvalue weighted by molar-refractivity contribution is -0.123. The summed E-state index contributed by atoms with van der Waals surface area (Å²) >= 11 is 0. The van der Waals surface area contributed by atoms with Crippen LogP contribution in [0.2, 0.25) is 0 Å². The number of hydrogen-bond acceptors (Lipinski definition) is 4. The SMILES string of the molecule is CCCNC(=O)C(NC1CCC(Nc2ccc(NC(=O)c3ccccc3-c3ccccc3)cc2)CC1)c1ccccc1. The fraction of sp³-hybridized carbons (Fsp3) is 0.278. The van der Waals surface area contributed by atoms with Crippen molar-refractivity contribution in [2.24, 2.45) is 0 Å². The van der Waals surface area contributed by atoms with Crippen LogP contribution in [0.5, 0.6) is 0 Å². The molecule has 0 saturated heterocycles. The average molecular weight is 561 g/mol. The lowest BCUT2D eigenvalue weighted by Crippen LogP contribution is -2.44. The van der Waals surface area contributed by atoms with Crippen LogP contribution in [0.4, 0.5) is 11.4 Å². The van der Waals surface area contributed by atoms with Gasteiger partial charge in [-0.05, 0) is 79.1 Å². The minimum atomic E-state index is -0.338. The zero-order valence-electron chi connectivity index (χ0n) is 24.2. The monoisotopic (exact) mass is 560 g/mol. The van der Waals surface area contributed by atoms with E-state index in [-0.39, 0.29) is 23.9 Å². The molecule has 42 heavy (non-hydrogen) atoms. The Kier molecular flexibility index (Phi) is 10.0. The summed E-state index contributed by atoms with van der Waals surface area (Å²) < 4.78 is 0. The van der Waals surface area contributed by atoms with E-state index >= 15 is 0 Å². The van der Waals surface area contributed by atoms with Gasteiger partial charge in [0.15, 0.2) is 0 Å². The fourth-order valence-corrected chi connectivity index (χ4v) is 5.59. The molecule has 1 saturated carbocycles. The highest BCUT2D eigenvalue weighted by Gasteiger charge is 2.27. The van der Waals surface area contributed by atoms with Crippen LogP contribution >= 0.6 is 0 Å². The summed E-state index contributed by atoms with van der Waals surface area (Å²) in [5.74, 6) is -0.0859. The van der Waals surface area contributed by atoms with Gasteiger partial charge in [0.25, 0.3) is 5.91 Å². The zero-order chi connectivity index (χ0) is 29.1. The van der Waals surface area contributed by atoms with E-state index < -0.39 is 0 Å². The molecule has 0 aliphatic heterocycles. The van der Waals surface area contributed by atoms with Gasteiger partial charge in [-0.15, -0.1) is 0 Å². The van der Waals surface area contributed by atoms with Gasteiger partial charge in [-0.1, -0.05) is 85.8 Å². The minimum Gasteiger partial charge on any atom is -0.382 e. The minimum absolute atomic E-state index is 0.0408. The van der Waals surface area contributed by atoms with Crippen molar-refractivity contribution in [3.63, 3.8) is 0 Å². The Morgan fingerprint density at radius 1 is 0.714 bits per heavy atom. The Bertz CT molecular complexity index is 1430. The third-order valence-electron chi connectivity index (χ3n) is 7.84. The van der Waals surface area contributed by atoms with Gasteiger partial charge in [0.2, 0.25) is 5.91 Å². The molecule has 1 atom stereocenters. The normalized spacial score (nSPS) is 17.2. The zero-order valence-corrected chi connectivity index (χ0v) is 24.2. The van der Waals surface area contributed by atoms with Crippen LogP contribution in [0.15, 0.2) is 109 Å². The van der Waals surface area contributed by atoms with E-state index in [1.54, 1.807) is 0 Å². The predicted octanol–water partition coefficient (Wildman–Crippen LogP) is 7.19. The van der Waals surface area contributed by atoms with Crippen LogP contribution in [-0.4, -0.2) is 30.4 Å². The molecule has 0 radical (unpaired) electrons. The standard InChI is InChI=1S/C36H40N4O2/c1-2-25-37-36(42)34(27-13-7-4-8-14-27)39-30-21-17-28(18-22-30)38-29-19-23-31(24-20-29)40-35(41)33-16-10-9-15-32(33)26-11-5-3-6-12-26/h3-16,19-20,23-24,28,30,34,38-39H,2,17-18,21-22,25H2,1H3,(H,37,42)(H,40,41). The number of carbonyl (C=O) groups excluding carboxylic acids is 2. The van der Waals surface area contributed by atoms with Crippen molar-refractivity contribution in [2.45, 2.75) is 57.2 Å². The van der Waals surface area contributed by atoms with Crippen molar-refractivity contribution >= 4 is 23.2 Å². The topological polar surface area (TPSA) is 82.3 Å². The number of carbonyl (C=O) groups is 2. The summed E-state index contributed by atoms with van der Waals surface area (Å²) in [5, 5.41) is 13.4. The summed E-state index contributed by atoms with van der Waals surface area (Å²) in [7, 11) is 0. The predicted molar refractivity (Wildman–Crippen MR) is 172 cm³/mol. The van der Waals surface area contributed by atoms with Gasteiger partial charge in [0.1, 0.15) is 6.04 Å². The molecule has 6 heteroatoms. The van der Waals surface area contributed by atoms with Crippen LogP contribution in [0.3, 0.4) is 0 Å². The van der Waals surface area contributed by atoms with Crippen molar-refractivity contribution in [3.8, 4) is 11.1 Å². The van der Waals surface area contributed by atoms with Crippen molar-refractivity contribution in [1.29, 1.82) is 0 Å². The molecule has 1 aliphatic carbocycles. The number of benzene rings is 4. The first-order valence-electron chi connectivity index (χ1n) is 15.0. The molecule has 1 aliphatic rings. The van der Waals surface area contributed by atoms with E-state index in [1.807, 2.05) is 109 Å². The summed E-state index contributed by atoms with van der Waals surface area (Å²) in [6, 6.07) is 35.9. The van der Waals surface area contributed by atoms with Crippen LogP contribution in [-0.2, 0) is 4.79 Å². The number of nitrogens with one attached hydrogen (secondary N) is 4. The first-order valence-corrected chi connectivity index (χ1v) is 15.0. The van der Waals surface area contributed by atoms with Gasteiger partial charge in [-0.2, -0.15) is 0 Å². The molecule has 1 fully saturated rings. The second-order valence-electron chi connectivity index (χ2n) is 10.9. The quantitative estimate of drug-likeness (QED) is 0.157. The third kappa shape index (κ3) is 7.65. The van der Waals surface area contributed by atoms with Crippen molar-refractivity contribution in [3.05, 3.63) is 120 Å². The Morgan fingerprint density at radius 3 is 2.00 bits per heavy atom. The van der Waals surface area contributed by atoms with Crippen molar-refractivity contribution < 1.29 is 9.59 Å². The molecule has 5 rings (SSSR count). The van der Waals surface area contributed by atoms with Crippen molar-refractivity contribution in [2.75, 3.05) is 17.2 Å². The molecule has 216 valence electrons. The van der Waals surface area contributed by atoms with Crippen LogP contribution in [0, 0.1) is 0 Å². The molecule has 4 aromatic carbocycles. The van der Waals surface area contributed by atoms with Gasteiger partial charge in [-0.25, -0.2) is 0 Å². The Labute approximate surface area is 248 Å². The smallest absolute Gasteiger partial charge is 0.256 e. The molecule has 0 spiro atoms. The Morgan fingerprint density at radius 2 is 1.31 bits per heavy atom. The Balaban J connectivity index is 1.14. The lowest BCUT2D eigenvalue weighted by Gasteiger charge is -2.33. The second-order valence-corrected chi connectivity index (χ2v) is 10.9. The summed E-state index contributed by atoms with van der Waals surface area (Å²) in [5.41, 5.74) is 5.37. The van der Waals surface area contributed by atoms with Gasteiger partial charge < -0.3 is 16.0 Å². The highest BCUT2D eigenvalue weighted by atomic mass is 16.2. The molecule has 0 heterocycles. The third-order valence-corrected chi connectivity index (χ3v) is 7.84.